The molecule has 0 saturated carbocycles. The van der Waals surface area contributed by atoms with E-state index in [4.69, 9.17) is 39.0 Å². The van der Waals surface area contributed by atoms with Crippen molar-refractivity contribution < 1.29 is 50.4 Å². The van der Waals surface area contributed by atoms with Crippen LogP contribution in [0, 0.1) is 0 Å². The fraction of sp³-hybridized carbons (Fsp3) is 0.476. The number of hydrogen-bond acceptors (Lipinski definition) is 15. The van der Waals surface area contributed by atoms with E-state index in [0.717, 1.165) is 13.9 Å². The summed E-state index contributed by atoms with van der Waals surface area (Å²) >= 11 is 0. The van der Waals surface area contributed by atoms with Crippen LogP contribution >= 0.6 is 15.3 Å². The highest BCUT2D eigenvalue weighted by Gasteiger charge is 2.54. The molecule has 3 unspecified atom stereocenters. The first-order valence-electron chi connectivity index (χ1n) is 13.1. The molecule has 0 amide bonds. The van der Waals surface area contributed by atoms with E-state index in [1.165, 1.54) is 34.1 Å². The summed E-state index contributed by atoms with van der Waals surface area (Å²) in [6, 6.07) is 1.51. The van der Waals surface area contributed by atoms with Gasteiger partial charge in [0.1, 0.15) is 41.8 Å². The number of hydrogen-bond donors (Lipinski definition) is 3. The number of phosphoric acid groups is 1. The Balaban J connectivity index is 1.20. The molecule has 3 fully saturated rings. The summed E-state index contributed by atoms with van der Waals surface area (Å²) in [5.41, 5.74) is 12.8. The normalized spacial score (nSPS) is 38.2. The monoisotopic (exact) mass is 657 g/mol. The summed E-state index contributed by atoms with van der Waals surface area (Å²) in [7, 11) is -8.18. The second kappa shape index (κ2) is 10.7. The van der Waals surface area contributed by atoms with E-state index < -0.39 is 77.7 Å². The van der Waals surface area contributed by atoms with E-state index in [2.05, 4.69) is 24.9 Å². The van der Waals surface area contributed by atoms with Crippen LogP contribution in [0.3, 0.4) is 0 Å². The van der Waals surface area contributed by atoms with Crippen molar-refractivity contribution in [1.82, 2.24) is 34.1 Å². The van der Waals surface area contributed by atoms with E-state index in [1.54, 1.807) is 0 Å². The van der Waals surface area contributed by atoms with E-state index >= 15 is 8.78 Å². The fourth-order valence-corrected chi connectivity index (χ4v) is 7.45. The second-order valence-corrected chi connectivity index (χ2v) is 13.7. The van der Waals surface area contributed by atoms with Crippen molar-refractivity contribution in [2.45, 2.75) is 49.2 Å². The number of phosphoric ester groups is 1. The Hall–Kier alpha value is -3.13. The van der Waals surface area contributed by atoms with Crippen LogP contribution in [0.4, 0.5) is 20.3 Å². The van der Waals surface area contributed by atoms with Gasteiger partial charge in [-0.2, -0.15) is 0 Å². The molecule has 0 spiro atoms. The Bertz CT molecular complexity index is 1840. The van der Waals surface area contributed by atoms with Gasteiger partial charge in [-0.25, -0.2) is 38.3 Å². The predicted molar refractivity (Wildman–Crippen MR) is 147 cm³/mol. The molecule has 7 rings (SSSR count). The Morgan fingerprint density at radius 1 is 0.864 bits per heavy atom. The average molecular weight is 657 g/mol. The third kappa shape index (κ3) is 5.07. The van der Waals surface area contributed by atoms with E-state index in [9.17, 15) is 14.0 Å². The minimum absolute atomic E-state index is 0.0402. The van der Waals surface area contributed by atoms with E-state index in [0.29, 0.717) is 0 Å². The Morgan fingerprint density at radius 3 is 2.34 bits per heavy atom. The lowest BCUT2D eigenvalue weighted by molar-refractivity contribution is -0.0630. The van der Waals surface area contributed by atoms with Crippen molar-refractivity contribution in [3.8, 4) is 0 Å². The van der Waals surface area contributed by atoms with E-state index in [-0.39, 0.29) is 33.8 Å². The molecule has 3 saturated heterocycles. The molecule has 18 nitrogen and oxygen atoms in total. The minimum atomic E-state index is -5.09. The third-order valence-electron chi connectivity index (χ3n) is 7.40. The molecule has 3 aliphatic rings. The fourth-order valence-electron chi connectivity index (χ4n) is 5.35. The Labute approximate surface area is 246 Å². The molecule has 0 radical (unpaired) electrons. The molecule has 0 aliphatic carbocycles. The van der Waals surface area contributed by atoms with Crippen molar-refractivity contribution >= 4 is 56.7 Å². The maximum atomic E-state index is 16.0. The highest BCUT2D eigenvalue weighted by atomic mass is 31.2. The van der Waals surface area contributed by atoms with Gasteiger partial charge in [0.25, 0.3) is 15.0 Å². The van der Waals surface area contributed by atoms with Crippen LogP contribution in [0.2, 0.25) is 0 Å². The lowest BCUT2D eigenvalue weighted by Crippen LogP contribution is -2.34. The molecule has 2 bridgehead atoms. The molecule has 3 aliphatic heterocycles. The number of imidazole rings is 2. The molecule has 44 heavy (non-hydrogen) atoms. The summed E-state index contributed by atoms with van der Waals surface area (Å²) in [4.78, 5) is 31.0. The van der Waals surface area contributed by atoms with Gasteiger partial charge in [0.05, 0.1) is 31.6 Å². The van der Waals surface area contributed by atoms with Gasteiger partial charge in [-0.1, -0.05) is 0 Å². The Morgan fingerprint density at radius 2 is 1.55 bits per heavy atom. The largest absolute Gasteiger partial charge is 0.472 e. The standard InChI is InChI=1S/C21H24BF2N9O9P2/c22-43(34)37-3-9-11(23)16(21(39-9)33-6-30-13-8(25)1-2-27-18(13)33)42-44(35,36)38-4-10-15(41-43)12(24)20(40-10)32-7-31-14-17(26)28-5-29-19(14)32/h1-2,5-7,9-12,15-16,20-21H,3-4,22H2,(H2,25,27)(H,35,36)(H2,26,28,29)/t9-,10-,11?,12-,15-,16-,20-,21-,43?/m1/s1. The number of nitrogens with zero attached hydrogens (tertiary/aromatic N) is 7. The molecule has 0 aromatic carbocycles. The number of pyridine rings is 1. The summed E-state index contributed by atoms with van der Waals surface area (Å²) in [5.74, 6) is 0.0402. The van der Waals surface area contributed by atoms with Crippen molar-refractivity contribution in [1.29, 1.82) is 0 Å². The maximum Gasteiger partial charge on any atom is 0.472 e. The van der Waals surface area contributed by atoms with Gasteiger partial charge in [0, 0.05) is 6.20 Å². The Kier molecular flexibility index (Phi) is 7.23. The highest BCUT2D eigenvalue weighted by molar-refractivity contribution is 7.79. The van der Waals surface area contributed by atoms with Gasteiger partial charge in [0.2, 0.25) is 0 Å². The number of nitrogen functional groups attached to an aromatic ring is 2. The summed E-state index contributed by atoms with van der Waals surface area (Å²) in [6.07, 6.45) is -8.31. The van der Waals surface area contributed by atoms with Gasteiger partial charge in [0.15, 0.2) is 41.9 Å². The first-order valence-corrected chi connectivity index (χ1v) is 16.6. The molecule has 5 N–H and O–H groups in total. The average Bonchev–Trinajstić information content (AvgIpc) is 3.73. The number of ether oxygens (including phenoxy) is 2. The van der Waals surface area contributed by atoms with E-state index in [1.807, 2.05) is 0 Å². The third-order valence-corrected chi connectivity index (χ3v) is 9.63. The van der Waals surface area contributed by atoms with Crippen LogP contribution in [0.1, 0.15) is 12.5 Å². The first-order chi connectivity index (χ1) is 20.9. The van der Waals surface area contributed by atoms with Gasteiger partial charge >= 0.3 is 7.82 Å². The van der Waals surface area contributed by atoms with Crippen molar-refractivity contribution in [2.75, 3.05) is 24.7 Å². The van der Waals surface area contributed by atoms with Gasteiger partial charge in [-0.15, -0.1) is 0 Å². The van der Waals surface area contributed by atoms with Gasteiger partial charge in [-0.05, 0) is 6.07 Å². The van der Waals surface area contributed by atoms with Crippen LogP contribution in [-0.4, -0.2) is 96.5 Å². The summed E-state index contributed by atoms with van der Waals surface area (Å²) < 4.78 is 93.8. The van der Waals surface area contributed by atoms with Gasteiger partial charge < -0.3 is 34.9 Å². The number of nitrogens with two attached hydrogens (primary N) is 2. The molecular weight excluding hydrogens is 633 g/mol. The zero-order valence-electron chi connectivity index (χ0n) is 22.6. The first kappa shape index (κ1) is 29.6. The molecule has 10 atom stereocenters. The van der Waals surface area contributed by atoms with Crippen LogP contribution in [0.15, 0.2) is 31.2 Å². The lowest BCUT2D eigenvalue weighted by Gasteiger charge is -2.26. The topological polar surface area (TPSA) is 236 Å². The second-order valence-electron chi connectivity index (χ2n) is 10.3. The lowest BCUT2D eigenvalue weighted by atomic mass is 10.1. The van der Waals surface area contributed by atoms with Crippen molar-refractivity contribution in [2.24, 2.45) is 0 Å². The van der Waals surface area contributed by atoms with Crippen LogP contribution in [0.25, 0.3) is 22.3 Å². The zero-order valence-corrected chi connectivity index (χ0v) is 24.4. The number of fused-ring (bicyclic) bond motifs is 5. The molecule has 4 aromatic rings. The summed E-state index contributed by atoms with van der Waals surface area (Å²) in [5, 5.41) is 0. The molecule has 7 heterocycles. The maximum absolute atomic E-state index is 16.0. The molecule has 4 aromatic heterocycles. The highest BCUT2D eigenvalue weighted by Crippen LogP contribution is 2.54. The minimum Gasteiger partial charge on any atom is -0.397 e. The number of aromatic nitrogens is 7. The smallest absolute Gasteiger partial charge is 0.397 e. The number of alkyl halides is 2. The van der Waals surface area contributed by atoms with Crippen LogP contribution in [0.5, 0.6) is 0 Å². The van der Waals surface area contributed by atoms with Crippen LogP contribution < -0.4 is 11.5 Å². The molecule has 23 heteroatoms. The van der Waals surface area contributed by atoms with Crippen LogP contribution in [-0.2, 0) is 36.7 Å². The van der Waals surface area contributed by atoms with Crippen molar-refractivity contribution in [3.05, 3.63) is 31.2 Å². The SMILES string of the molecule is BP1(=O)OC[C@H]2O[C@@H](n3cnc4c(N)ccnc43)[C@H](OP(=O)(O)OC[C@H]3O[C@@H](n4cnc5c(N)ncnc54)[C@H](F)[C@@H]3O1)C2F. The molecular formula is C21H24BF2N9O9P2. The predicted octanol–water partition coefficient (Wildman–Crippen LogP) is 0.565. The molecule has 234 valence electrons. The number of anilines is 2. The van der Waals surface area contributed by atoms with Gasteiger partial charge in [-0.3, -0.25) is 22.7 Å². The zero-order chi connectivity index (χ0) is 31.0. The summed E-state index contributed by atoms with van der Waals surface area (Å²) in [6.45, 7) is -1.46. The van der Waals surface area contributed by atoms with Crippen molar-refractivity contribution in [3.63, 3.8) is 0 Å². The number of halogens is 2. The number of rotatable bonds is 2. The quantitative estimate of drug-likeness (QED) is 0.197.